The number of anilines is 1. The Morgan fingerprint density at radius 3 is 2.76 bits per heavy atom. The average molecular weight is 395 g/mol. The van der Waals surface area contributed by atoms with Gasteiger partial charge < -0.3 is 19.7 Å². The third-order valence-corrected chi connectivity index (χ3v) is 4.98. The highest BCUT2D eigenvalue weighted by molar-refractivity contribution is 5.92. The van der Waals surface area contributed by atoms with E-state index in [0.29, 0.717) is 25.0 Å². The molecule has 8 nitrogen and oxygen atoms in total. The summed E-state index contributed by atoms with van der Waals surface area (Å²) in [5.74, 6) is 2.02. The van der Waals surface area contributed by atoms with Gasteiger partial charge in [-0.3, -0.25) is 9.69 Å². The number of nitrogens with zero attached hydrogens (tertiary/aromatic N) is 4. The third-order valence-electron chi connectivity index (χ3n) is 4.98. The van der Waals surface area contributed by atoms with Crippen LogP contribution in [0.3, 0.4) is 0 Å². The van der Waals surface area contributed by atoms with Gasteiger partial charge in [0.15, 0.2) is 11.5 Å². The first kappa shape index (κ1) is 19.2. The van der Waals surface area contributed by atoms with Crippen LogP contribution in [-0.4, -0.2) is 60.3 Å². The fraction of sp³-hybridized carbons (Fsp3) is 0.381. The maximum atomic E-state index is 12.2. The Kier molecular flexibility index (Phi) is 5.62. The molecule has 2 aromatic rings. The van der Waals surface area contributed by atoms with Gasteiger partial charge in [0.1, 0.15) is 5.69 Å². The molecule has 2 aliphatic heterocycles. The second-order valence-corrected chi connectivity index (χ2v) is 7.14. The molecule has 4 rings (SSSR count). The third kappa shape index (κ3) is 4.48. The number of aryl methyl sites for hydroxylation is 1. The maximum absolute atomic E-state index is 12.2. The van der Waals surface area contributed by atoms with Gasteiger partial charge in [0.05, 0.1) is 0 Å². The van der Waals surface area contributed by atoms with Crippen molar-refractivity contribution in [2.75, 3.05) is 44.4 Å². The topological polar surface area (TPSA) is 79.8 Å². The number of ether oxygens (including phenoxy) is 2. The number of benzene rings is 1. The van der Waals surface area contributed by atoms with E-state index in [1.54, 1.807) is 12.1 Å². The number of piperazine rings is 1. The molecular formula is C21H25N5O3. The Morgan fingerprint density at radius 2 is 1.97 bits per heavy atom. The molecule has 8 heteroatoms. The van der Waals surface area contributed by atoms with Gasteiger partial charge in [0.25, 0.3) is 5.91 Å². The number of hydrogen-bond donors (Lipinski definition) is 1. The van der Waals surface area contributed by atoms with Crippen molar-refractivity contribution < 1.29 is 14.3 Å². The zero-order valence-corrected chi connectivity index (χ0v) is 16.6. The molecule has 0 aliphatic carbocycles. The van der Waals surface area contributed by atoms with E-state index in [2.05, 4.69) is 37.7 Å². The van der Waals surface area contributed by atoms with E-state index in [9.17, 15) is 4.79 Å². The largest absolute Gasteiger partial charge is 0.454 e. The Bertz CT molecular complexity index is 909. The molecule has 1 aromatic heterocycles. The lowest BCUT2D eigenvalue weighted by Crippen LogP contribution is -2.46. The van der Waals surface area contributed by atoms with E-state index in [4.69, 9.17) is 9.47 Å². The van der Waals surface area contributed by atoms with Gasteiger partial charge in [0.2, 0.25) is 12.7 Å². The Labute approximate surface area is 170 Å². The lowest BCUT2D eigenvalue weighted by atomic mass is 10.1. The Balaban J connectivity index is 1.37. The smallest absolute Gasteiger partial charge is 0.270 e. The molecule has 1 amide bonds. The molecule has 1 saturated heterocycles. The van der Waals surface area contributed by atoms with Gasteiger partial charge in [-0.25, -0.2) is 9.97 Å². The van der Waals surface area contributed by atoms with Crippen LogP contribution in [-0.2, 0) is 6.54 Å². The standard InChI is InChI=1S/C21H25N5O3/c1-3-6-22-20(27)17-11-15(2)23-21(24-17)26-9-7-25(8-10-26)13-16-4-5-18-19(12-16)29-14-28-18/h3-5,11-12H,1,6-10,13-14H2,2H3,(H,22,27). The highest BCUT2D eigenvalue weighted by Crippen LogP contribution is 2.32. The number of nitrogens with one attached hydrogen (secondary N) is 1. The Morgan fingerprint density at radius 1 is 1.17 bits per heavy atom. The molecule has 2 aliphatic rings. The summed E-state index contributed by atoms with van der Waals surface area (Å²) in [5, 5.41) is 2.76. The van der Waals surface area contributed by atoms with Crippen LogP contribution in [0.4, 0.5) is 5.95 Å². The number of aromatic nitrogens is 2. The van der Waals surface area contributed by atoms with Crippen molar-refractivity contribution in [3.8, 4) is 11.5 Å². The maximum Gasteiger partial charge on any atom is 0.270 e. The minimum atomic E-state index is -0.210. The highest BCUT2D eigenvalue weighted by atomic mass is 16.7. The zero-order valence-electron chi connectivity index (χ0n) is 16.6. The monoisotopic (exact) mass is 395 g/mol. The summed E-state index contributed by atoms with van der Waals surface area (Å²) in [4.78, 5) is 25.8. The van der Waals surface area contributed by atoms with Crippen molar-refractivity contribution in [3.63, 3.8) is 0 Å². The lowest BCUT2D eigenvalue weighted by Gasteiger charge is -2.35. The molecule has 29 heavy (non-hydrogen) atoms. The fourth-order valence-electron chi connectivity index (χ4n) is 3.47. The molecule has 1 N–H and O–H groups in total. The molecule has 1 aromatic carbocycles. The molecule has 3 heterocycles. The van der Waals surface area contributed by atoms with Gasteiger partial charge in [-0.2, -0.15) is 0 Å². The van der Waals surface area contributed by atoms with Gasteiger partial charge >= 0.3 is 0 Å². The van der Waals surface area contributed by atoms with Crippen molar-refractivity contribution >= 4 is 11.9 Å². The van der Waals surface area contributed by atoms with Crippen LogP contribution in [0.5, 0.6) is 11.5 Å². The molecule has 152 valence electrons. The molecule has 0 unspecified atom stereocenters. The quantitative estimate of drug-likeness (QED) is 0.747. The number of rotatable bonds is 6. The van der Waals surface area contributed by atoms with Crippen LogP contribution in [0, 0.1) is 6.92 Å². The average Bonchev–Trinajstić information content (AvgIpc) is 3.20. The fourth-order valence-corrected chi connectivity index (χ4v) is 3.47. The van der Waals surface area contributed by atoms with E-state index < -0.39 is 0 Å². The van der Waals surface area contributed by atoms with Gasteiger partial charge in [0, 0.05) is 45.0 Å². The van der Waals surface area contributed by atoms with Crippen molar-refractivity contribution in [1.29, 1.82) is 0 Å². The SMILES string of the molecule is C=CCNC(=O)c1cc(C)nc(N2CCN(Cc3ccc4c(c3)OCO4)CC2)n1. The van der Waals surface area contributed by atoms with Crippen LogP contribution in [0.25, 0.3) is 0 Å². The summed E-state index contributed by atoms with van der Waals surface area (Å²) >= 11 is 0. The van der Waals surface area contributed by atoms with Crippen LogP contribution in [0.2, 0.25) is 0 Å². The number of fused-ring (bicyclic) bond motifs is 1. The predicted octanol–water partition coefficient (Wildman–Crippen LogP) is 1.75. The molecule has 0 atom stereocenters. The summed E-state index contributed by atoms with van der Waals surface area (Å²) < 4.78 is 10.8. The van der Waals surface area contributed by atoms with Gasteiger partial charge in [-0.05, 0) is 30.7 Å². The van der Waals surface area contributed by atoms with Gasteiger partial charge in [-0.15, -0.1) is 6.58 Å². The van der Waals surface area contributed by atoms with E-state index in [1.807, 2.05) is 19.1 Å². The first-order valence-electron chi connectivity index (χ1n) is 9.73. The number of amides is 1. The van der Waals surface area contributed by atoms with Crippen molar-refractivity contribution in [2.24, 2.45) is 0 Å². The summed E-state index contributed by atoms with van der Waals surface area (Å²) in [6, 6.07) is 7.80. The van der Waals surface area contributed by atoms with Crippen molar-refractivity contribution in [1.82, 2.24) is 20.2 Å². The molecule has 0 radical (unpaired) electrons. The number of hydrogen-bond acceptors (Lipinski definition) is 7. The second kappa shape index (κ2) is 8.48. The number of carbonyl (C=O) groups excluding carboxylic acids is 1. The van der Waals surface area contributed by atoms with E-state index in [1.165, 1.54) is 5.56 Å². The first-order valence-corrected chi connectivity index (χ1v) is 9.73. The van der Waals surface area contributed by atoms with E-state index in [-0.39, 0.29) is 5.91 Å². The normalized spacial score (nSPS) is 16.0. The summed E-state index contributed by atoms with van der Waals surface area (Å²) in [7, 11) is 0. The van der Waals surface area contributed by atoms with E-state index in [0.717, 1.165) is 49.9 Å². The minimum Gasteiger partial charge on any atom is -0.454 e. The summed E-state index contributed by atoms with van der Waals surface area (Å²) in [5.41, 5.74) is 2.37. The van der Waals surface area contributed by atoms with Crippen molar-refractivity contribution in [2.45, 2.75) is 13.5 Å². The zero-order chi connectivity index (χ0) is 20.2. The summed E-state index contributed by atoms with van der Waals surface area (Å²) in [6.45, 7) is 10.5. The molecule has 0 saturated carbocycles. The van der Waals surface area contributed by atoms with Crippen LogP contribution >= 0.6 is 0 Å². The predicted molar refractivity (Wildman–Crippen MR) is 109 cm³/mol. The van der Waals surface area contributed by atoms with Crippen LogP contribution < -0.4 is 19.7 Å². The molecule has 1 fully saturated rings. The highest BCUT2D eigenvalue weighted by Gasteiger charge is 2.22. The van der Waals surface area contributed by atoms with Crippen LogP contribution in [0.1, 0.15) is 21.7 Å². The Hall–Kier alpha value is -3.13. The molecule has 0 spiro atoms. The lowest BCUT2D eigenvalue weighted by molar-refractivity contribution is 0.0952. The van der Waals surface area contributed by atoms with Crippen molar-refractivity contribution in [3.05, 3.63) is 53.9 Å². The second-order valence-electron chi connectivity index (χ2n) is 7.14. The minimum absolute atomic E-state index is 0.210. The molecular weight excluding hydrogens is 370 g/mol. The molecule has 0 bridgehead atoms. The van der Waals surface area contributed by atoms with Crippen LogP contribution in [0.15, 0.2) is 36.9 Å². The van der Waals surface area contributed by atoms with E-state index >= 15 is 0 Å². The van der Waals surface area contributed by atoms with Gasteiger partial charge in [-0.1, -0.05) is 12.1 Å². The number of carbonyl (C=O) groups is 1. The summed E-state index contributed by atoms with van der Waals surface area (Å²) in [6.07, 6.45) is 1.65. The first-order chi connectivity index (χ1) is 14.1.